The Hall–Kier alpha value is -1.62. The highest BCUT2D eigenvalue weighted by molar-refractivity contribution is 14.0. The Kier molecular flexibility index (Phi) is 9.41. The van der Waals surface area contributed by atoms with E-state index in [-0.39, 0.29) is 24.0 Å². The van der Waals surface area contributed by atoms with Crippen LogP contribution in [0.25, 0.3) is 0 Å². The molecule has 0 spiro atoms. The fraction of sp³-hybridized carbons (Fsp3) is 0.650. The molecule has 2 N–H and O–H groups in total. The van der Waals surface area contributed by atoms with Gasteiger partial charge in [0.05, 0.1) is 24.5 Å². The van der Waals surface area contributed by atoms with Crippen molar-refractivity contribution in [3.05, 3.63) is 35.3 Å². The number of aromatic nitrogens is 3. The van der Waals surface area contributed by atoms with Crippen LogP contribution in [0.1, 0.15) is 42.8 Å². The van der Waals surface area contributed by atoms with Crippen molar-refractivity contribution in [2.24, 2.45) is 18.0 Å². The Morgan fingerprint density at radius 3 is 2.62 bits per heavy atom. The molecule has 1 aliphatic rings. The number of hydrogen-bond acceptors (Lipinski definition) is 5. The molecule has 0 unspecified atom stereocenters. The van der Waals surface area contributed by atoms with Gasteiger partial charge in [-0.3, -0.25) is 9.58 Å². The Morgan fingerprint density at radius 1 is 1.28 bits per heavy atom. The predicted molar refractivity (Wildman–Crippen MR) is 125 cm³/mol. The molecule has 0 aliphatic carbocycles. The number of piperidine rings is 1. The minimum absolute atomic E-state index is 0. The van der Waals surface area contributed by atoms with Crippen LogP contribution in [-0.2, 0) is 20.1 Å². The molecule has 0 radical (unpaired) electrons. The van der Waals surface area contributed by atoms with Crippen molar-refractivity contribution in [1.29, 1.82) is 0 Å². The lowest BCUT2D eigenvalue weighted by Gasteiger charge is -2.31. The SMILES string of the molecule is CCNC(=NCc1ccnn1C)NCC1CCN(Cc2nc(C)c(C)o2)CC1.I. The van der Waals surface area contributed by atoms with Gasteiger partial charge in [0.25, 0.3) is 0 Å². The second-order valence-corrected chi connectivity index (χ2v) is 7.49. The lowest BCUT2D eigenvalue weighted by molar-refractivity contribution is 0.164. The van der Waals surface area contributed by atoms with Gasteiger partial charge in [-0.05, 0) is 58.7 Å². The van der Waals surface area contributed by atoms with Crippen LogP contribution in [0.3, 0.4) is 0 Å². The fourth-order valence-corrected chi connectivity index (χ4v) is 3.45. The van der Waals surface area contributed by atoms with Gasteiger partial charge in [-0.25, -0.2) is 9.98 Å². The van der Waals surface area contributed by atoms with Gasteiger partial charge in [0.2, 0.25) is 5.89 Å². The van der Waals surface area contributed by atoms with E-state index in [9.17, 15) is 0 Å². The summed E-state index contributed by atoms with van der Waals surface area (Å²) in [4.78, 5) is 11.6. The summed E-state index contributed by atoms with van der Waals surface area (Å²) in [5, 5.41) is 11.0. The maximum atomic E-state index is 5.72. The minimum atomic E-state index is 0. The monoisotopic (exact) mass is 515 g/mol. The highest BCUT2D eigenvalue weighted by Gasteiger charge is 2.21. The van der Waals surface area contributed by atoms with Crippen LogP contribution in [0.5, 0.6) is 0 Å². The number of halogens is 1. The van der Waals surface area contributed by atoms with E-state index in [4.69, 9.17) is 4.42 Å². The summed E-state index contributed by atoms with van der Waals surface area (Å²) in [5.41, 5.74) is 2.10. The highest BCUT2D eigenvalue weighted by Crippen LogP contribution is 2.19. The summed E-state index contributed by atoms with van der Waals surface area (Å²) < 4.78 is 7.58. The first-order valence-corrected chi connectivity index (χ1v) is 10.2. The first kappa shape index (κ1) is 23.7. The topological polar surface area (TPSA) is 83.5 Å². The molecule has 29 heavy (non-hydrogen) atoms. The predicted octanol–water partition coefficient (Wildman–Crippen LogP) is 2.61. The van der Waals surface area contributed by atoms with Crippen molar-refractivity contribution in [3.8, 4) is 0 Å². The summed E-state index contributed by atoms with van der Waals surface area (Å²) in [6, 6.07) is 2.00. The van der Waals surface area contributed by atoms with Gasteiger partial charge >= 0.3 is 0 Å². The number of oxazole rings is 1. The third-order valence-corrected chi connectivity index (χ3v) is 5.36. The van der Waals surface area contributed by atoms with E-state index in [1.807, 2.05) is 31.6 Å². The number of likely N-dealkylation sites (tertiary alicyclic amines) is 1. The highest BCUT2D eigenvalue weighted by atomic mass is 127. The molecule has 0 amide bonds. The first-order valence-electron chi connectivity index (χ1n) is 10.2. The normalized spacial score (nSPS) is 15.9. The van der Waals surface area contributed by atoms with Crippen LogP contribution in [0.2, 0.25) is 0 Å². The van der Waals surface area contributed by atoms with Gasteiger partial charge in [0, 0.05) is 26.3 Å². The molecule has 162 valence electrons. The fourth-order valence-electron chi connectivity index (χ4n) is 3.45. The van der Waals surface area contributed by atoms with E-state index in [2.05, 4.69) is 37.5 Å². The molecule has 0 atom stereocenters. The number of guanidine groups is 1. The van der Waals surface area contributed by atoms with E-state index in [0.29, 0.717) is 12.5 Å². The lowest BCUT2D eigenvalue weighted by atomic mass is 9.97. The molecule has 3 rings (SSSR count). The smallest absolute Gasteiger partial charge is 0.208 e. The third-order valence-electron chi connectivity index (χ3n) is 5.36. The molecule has 0 aromatic carbocycles. The minimum Gasteiger partial charge on any atom is -0.444 e. The van der Waals surface area contributed by atoms with E-state index >= 15 is 0 Å². The number of rotatable bonds is 7. The summed E-state index contributed by atoms with van der Waals surface area (Å²) in [6.07, 6.45) is 4.15. The van der Waals surface area contributed by atoms with E-state index < -0.39 is 0 Å². The van der Waals surface area contributed by atoms with E-state index in [1.54, 1.807) is 6.20 Å². The van der Waals surface area contributed by atoms with Crippen LogP contribution in [0, 0.1) is 19.8 Å². The lowest BCUT2D eigenvalue weighted by Crippen LogP contribution is -2.42. The number of hydrogen-bond donors (Lipinski definition) is 2. The molecule has 0 saturated carbocycles. The first-order chi connectivity index (χ1) is 13.5. The number of aliphatic imine (C=N–C) groups is 1. The largest absolute Gasteiger partial charge is 0.444 e. The van der Waals surface area contributed by atoms with Gasteiger partial charge in [0.1, 0.15) is 5.76 Å². The Bertz CT molecular complexity index is 758. The number of aryl methyl sites for hydroxylation is 3. The number of nitrogens with zero attached hydrogens (tertiary/aromatic N) is 5. The molecule has 0 bridgehead atoms. The van der Waals surface area contributed by atoms with Gasteiger partial charge in [-0.1, -0.05) is 0 Å². The van der Waals surface area contributed by atoms with Crippen LogP contribution in [0.15, 0.2) is 21.7 Å². The molecule has 3 heterocycles. The zero-order valence-electron chi connectivity index (χ0n) is 17.9. The summed E-state index contributed by atoms with van der Waals surface area (Å²) in [7, 11) is 1.94. The summed E-state index contributed by atoms with van der Waals surface area (Å²) in [6.45, 7) is 11.5. The third kappa shape index (κ3) is 6.98. The molecule has 2 aromatic rings. The number of nitrogens with one attached hydrogen (secondary N) is 2. The van der Waals surface area contributed by atoms with E-state index in [0.717, 1.165) is 61.7 Å². The van der Waals surface area contributed by atoms with Crippen LogP contribution in [0.4, 0.5) is 0 Å². The van der Waals surface area contributed by atoms with Crippen LogP contribution >= 0.6 is 24.0 Å². The second-order valence-electron chi connectivity index (χ2n) is 7.49. The van der Waals surface area contributed by atoms with Gasteiger partial charge in [-0.15, -0.1) is 24.0 Å². The van der Waals surface area contributed by atoms with Gasteiger partial charge < -0.3 is 15.1 Å². The van der Waals surface area contributed by atoms with Crippen molar-refractivity contribution in [2.45, 2.75) is 46.7 Å². The molecule has 2 aromatic heterocycles. The molecule has 1 aliphatic heterocycles. The van der Waals surface area contributed by atoms with Gasteiger partial charge in [-0.2, -0.15) is 5.10 Å². The van der Waals surface area contributed by atoms with Crippen molar-refractivity contribution in [3.63, 3.8) is 0 Å². The average molecular weight is 515 g/mol. The molecule has 8 nitrogen and oxygen atoms in total. The maximum absolute atomic E-state index is 5.72. The van der Waals surface area contributed by atoms with Crippen molar-refractivity contribution in [1.82, 2.24) is 30.3 Å². The Labute approximate surface area is 190 Å². The molecular weight excluding hydrogens is 481 g/mol. The zero-order chi connectivity index (χ0) is 19.9. The zero-order valence-corrected chi connectivity index (χ0v) is 20.3. The van der Waals surface area contributed by atoms with Crippen molar-refractivity contribution < 1.29 is 4.42 Å². The summed E-state index contributed by atoms with van der Waals surface area (Å²) in [5.74, 6) is 3.29. The van der Waals surface area contributed by atoms with Gasteiger partial charge in [0.15, 0.2) is 5.96 Å². The Balaban J connectivity index is 0.00000300. The average Bonchev–Trinajstić information content (AvgIpc) is 3.23. The van der Waals surface area contributed by atoms with Crippen molar-refractivity contribution in [2.75, 3.05) is 26.2 Å². The standard InChI is InChI=1S/C20H33N7O.HI/c1-5-21-20(23-13-18-6-9-24-26(18)4)22-12-17-7-10-27(11-8-17)14-19-25-15(2)16(3)28-19;/h6,9,17H,5,7-8,10-14H2,1-4H3,(H2,21,22,23);1H. The van der Waals surface area contributed by atoms with Crippen molar-refractivity contribution >= 4 is 29.9 Å². The Morgan fingerprint density at radius 2 is 2.03 bits per heavy atom. The molecule has 9 heteroatoms. The molecule has 1 fully saturated rings. The summed E-state index contributed by atoms with van der Waals surface area (Å²) >= 11 is 0. The van der Waals surface area contributed by atoms with E-state index in [1.165, 1.54) is 12.8 Å². The molecular formula is C20H34IN7O. The molecule has 1 saturated heterocycles. The maximum Gasteiger partial charge on any atom is 0.208 e. The second kappa shape index (κ2) is 11.5. The quantitative estimate of drug-likeness (QED) is 0.335. The van der Waals surface area contributed by atoms with Crippen LogP contribution in [-0.4, -0.2) is 51.8 Å². The van der Waals surface area contributed by atoms with Crippen LogP contribution < -0.4 is 10.6 Å².